The number of thiazole rings is 1. The van der Waals surface area contributed by atoms with E-state index in [1.807, 2.05) is 0 Å². The van der Waals surface area contributed by atoms with Crippen LogP contribution in [0.5, 0.6) is 0 Å². The van der Waals surface area contributed by atoms with Gasteiger partial charge in [0.2, 0.25) is 5.72 Å². The summed E-state index contributed by atoms with van der Waals surface area (Å²) in [6.07, 6.45) is 2.73. The van der Waals surface area contributed by atoms with Gasteiger partial charge in [-0.25, -0.2) is 4.98 Å². The molecule has 0 amide bonds. The Bertz CT molecular complexity index is 220. The number of rotatable bonds is 2. The molecule has 0 aliphatic rings. The maximum atomic E-state index is 9.99. The number of hydrogen-bond acceptors (Lipinski definition) is 5. The lowest BCUT2D eigenvalue weighted by atomic mass is 10.3. The normalized spacial score (nSPS) is 16.2. The predicted octanol–water partition coefficient (Wildman–Crippen LogP) is -0.643. The van der Waals surface area contributed by atoms with Gasteiger partial charge >= 0.3 is 0 Å². The molecule has 1 aromatic rings. The van der Waals surface area contributed by atoms with Gasteiger partial charge in [-0.05, 0) is 0 Å². The van der Waals surface area contributed by atoms with Crippen molar-refractivity contribution in [3.05, 3.63) is 16.6 Å². The van der Waals surface area contributed by atoms with Crippen molar-refractivity contribution in [2.45, 2.75) is 5.72 Å². The van der Waals surface area contributed by atoms with Crippen LogP contribution in [0.1, 0.15) is 5.01 Å². The smallest absolute Gasteiger partial charge is 0.257 e. The fourth-order valence-electron chi connectivity index (χ4n) is 0.455. The standard InChI is InChI=1S/C5H5N2O2S/c6-5(9,3-8)4-7-1-2-10-4/h1-2,9H,6H2. The molecule has 1 aromatic heterocycles. The van der Waals surface area contributed by atoms with Crippen molar-refractivity contribution in [3.8, 4) is 0 Å². The third-order valence-corrected chi connectivity index (χ3v) is 1.81. The Kier molecular flexibility index (Phi) is 1.80. The first-order valence-electron chi connectivity index (χ1n) is 2.47. The molecule has 0 spiro atoms. The van der Waals surface area contributed by atoms with Gasteiger partial charge in [-0.15, -0.1) is 11.3 Å². The SMILES string of the molecule is NC(O)([C]=O)c1nccs1. The predicted molar refractivity (Wildman–Crippen MR) is 35.9 cm³/mol. The van der Waals surface area contributed by atoms with E-state index in [1.165, 1.54) is 12.5 Å². The van der Waals surface area contributed by atoms with Crippen LogP contribution >= 0.6 is 11.3 Å². The first-order valence-corrected chi connectivity index (χ1v) is 3.35. The van der Waals surface area contributed by atoms with E-state index in [1.54, 1.807) is 5.38 Å². The molecule has 4 nitrogen and oxygen atoms in total. The summed E-state index contributed by atoms with van der Waals surface area (Å²) in [5.74, 6) is 0. The molecule has 0 saturated heterocycles. The minimum absolute atomic E-state index is 0.155. The molecule has 0 saturated carbocycles. The van der Waals surface area contributed by atoms with Crippen LogP contribution in [0.4, 0.5) is 0 Å². The van der Waals surface area contributed by atoms with Crippen molar-refractivity contribution >= 4 is 17.6 Å². The second-order valence-electron chi connectivity index (χ2n) is 1.71. The number of aromatic nitrogens is 1. The summed E-state index contributed by atoms with van der Waals surface area (Å²) in [6, 6.07) is 0. The molecule has 0 aliphatic heterocycles. The van der Waals surface area contributed by atoms with E-state index in [9.17, 15) is 4.79 Å². The minimum Gasteiger partial charge on any atom is -0.363 e. The molecule has 0 fully saturated rings. The fourth-order valence-corrected chi connectivity index (χ4v) is 1.05. The van der Waals surface area contributed by atoms with Crippen LogP contribution < -0.4 is 5.73 Å². The van der Waals surface area contributed by atoms with Gasteiger partial charge in [0.25, 0.3) is 6.29 Å². The summed E-state index contributed by atoms with van der Waals surface area (Å²) in [5.41, 5.74) is 3.03. The molecule has 1 heterocycles. The van der Waals surface area contributed by atoms with Crippen molar-refractivity contribution in [2.24, 2.45) is 5.73 Å². The van der Waals surface area contributed by atoms with Crippen molar-refractivity contribution < 1.29 is 9.90 Å². The van der Waals surface area contributed by atoms with Crippen LogP contribution in [0.3, 0.4) is 0 Å². The number of hydrogen-bond donors (Lipinski definition) is 2. The molecule has 5 heteroatoms. The highest BCUT2D eigenvalue weighted by Gasteiger charge is 2.26. The van der Waals surface area contributed by atoms with Crippen LogP contribution in [-0.2, 0) is 10.5 Å². The molecule has 0 aliphatic carbocycles. The average Bonchev–Trinajstić information content (AvgIpc) is 2.38. The van der Waals surface area contributed by atoms with Gasteiger partial charge in [-0.1, -0.05) is 0 Å². The minimum atomic E-state index is -2.03. The van der Waals surface area contributed by atoms with Crippen molar-refractivity contribution in [1.29, 1.82) is 0 Å². The molecular weight excluding hydrogens is 152 g/mol. The summed E-state index contributed by atoms with van der Waals surface area (Å²) >= 11 is 1.11. The van der Waals surface area contributed by atoms with Crippen LogP contribution in [-0.4, -0.2) is 16.4 Å². The number of nitrogens with two attached hydrogens (primary N) is 1. The topological polar surface area (TPSA) is 76.2 Å². The first-order chi connectivity index (χ1) is 4.67. The van der Waals surface area contributed by atoms with Gasteiger partial charge in [0.1, 0.15) is 5.01 Å². The highest BCUT2D eigenvalue weighted by Crippen LogP contribution is 2.14. The van der Waals surface area contributed by atoms with Crippen molar-refractivity contribution in [1.82, 2.24) is 4.98 Å². The Morgan fingerprint density at radius 1 is 1.90 bits per heavy atom. The Morgan fingerprint density at radius 2 is 2.60 bits per heavy atom. The molecule has 0 aromatic carbocycles. The number of aliphatic hydroxyl groups is 1. The summed E-state index contributed by atoms with van der Waals surface area (Å²) < 4.78 is 0. The van der Waals surface area contributed by atoms with E-state index in [0.717, 1.165) is 11.3 Å². The maximum absolute atomic E-state index is 9.99. The molecule has 1 radical (unpaired) electrons. The Labute approximate surface area is 61.3 Å². The van der Waals surface area contributed by atoms with E-state index in [4.69, 9.17) is 10.8 Å². The lowest BCUT2D eigenvalue weighted by Crippen LogP contribution is -2.37. The van der Waals surface area contributed by atoms with E-state index < -0.39 is 5.72 Å². The van der Waals surface area contributed by atoms with E-state index in [0.29, 0.717) is 0 Å². The Morgan fingerprint density at radius 3 is 3.00 bits per heavy atom. The summed E-state index contributed by atoms with van der Waals surface area (Å²) in [5, 5.41) is 10.8. The van der Waals surface area contributed by atoms with E-state index >= 15 is 0 Å². The second-order valence-corrected chi connectivity index (χ2v) is 2.60. The maximum Gasteiger partial charge on any atom is 0.257 e. The van der Waals surface area contributed by atoms with E-state index in [2.05, 4.69) is 4.98 Å². The zero-order valence-electron chi connectivity index (χ0n) is 4.94. The zero-order valence-corrected chi connectivity index (χ0v) is 5.76. The molecule has 3 N–H and O–H groups in total. The monoisotopic (exact) mass is 157 g/mol. The van der Waals surface area contributed by atoms with Gasteiger partial charge in [-0.2, -0.15) is 0 Å². The van der Waals surface area contributed by atoms with Gasteiger partial charge < -0.3 is 5.11 Å². The molecule has 10 heavy (non-hydrogen) atoms. The van der Waals surface area contributed by atoms with Crippen LogP contribution in [0.15, 0.2) is 11.6 Å². The lowest BCUT2D eigenvalue weighted by molar-refractivity contribution is 0.114. The third kappa shape index (κ3) is 1.21. The average molecular weight is 157 g/mol. The Balaban J connectivity index is 2.95. The second kappa shape index (κ2) is 2.45. The Hall–Kier alpha value is -0.780. The van der Waals surface area contributed by atoms with Crippen LogP contribution in [0.2, 0.25) is 0 Å². The molecule has 1 atom stereocenters. The molecule has 53 valence electrons. The molecular formula is C5H5N2O2S. The quantitative estimate of drug-likeness (QED) is 0.560. The molecule has 1 unspecified atom stereocenters. The van der Waals surface area contributed by atoms with Gasteiger partial charge in [0.15, 0.2) is 0 Å². The van der Waals surface area contributed by atoms with Crippen LogP contribution in [0, 0.1) is 0 Å². The third-order valence-electron chi connectivity index (χ3n) is 0.914. The lowest BCUT2D eigenvalue weighted by Gasteiger charge is -2.08. The summed E-state index contributed by atoms with van der Waals surface area (Å²) in [6.45, 7) is 0. The summed E-state index contributed by atoms with van der Waals surface area (Å²) in [4.78, 5) is 13.6. The molecule has 1 rings (SSSR count). The van der Waals surface area contributed by atoms with Crippen LogP contribution in [0.25, 0.3) is 0 Å². The number of nitrogens with zero attached hydrogens (tertiary/aromatic N) is 1. The fraction of sp³-hybridized carbons (Fsp3) is 0.200. The van der Waals surface area contributed by atoms with Gasteiger partial charge in [0.05, 0.1) is 0 Å². The highest BCUT2D eigenvalue weighted by molar-refractivity contribution is 7.09. The molecule has 0 bridgehead atoms. The van der Waals surface area contributed by atoms with Crippen molar-refractivity contribution in [3.63, 3.8) is 0 Å². The summed E-state index contributed by atoms with van der Waals surface area (Å²) in [7, 11) is 0. The first kappa shape index (κ1) is 7.33. The van der Waals surface area contributed by atoms with E-state index in [-0.39, 0.29) is 5.01 Å². The largest absolute Gasteiger partial charge is 0.363 e. The highest BCUT2D eigenvalue weighted by atomic mass is 32.1. The zero-order chi connectivity index (χ0) is 7.61. The van der Waals surface area contributed by atoms with Gasteiger partial charge in [-0.3, -0.25) is 10.5 Å². The van der Waals surface area contributed by atoms with Crippen molar-refractivity contribution in [2.75, 3.05) is 0 Å². The van der Waals surface area contributed by atoms with Gasteiger partial charge in [0, 0.05) is 11.6 Å². The number of carbonyl (C=O) groups excluding carboxylic acids is 1.